The third-order valence-corrected chi connectivity index (χ3v) is 4.23. The van der Waals surface area contributed by atoms with E-state index in [1.807, 2.05) is 0 Å². The summed E-state index contributed by atoms with van der Waals surface area (Å²) in [7, 11) is 0. The van der Waals surface area contributed by atoms with Crippen molar-refractivity contribution in [2.45, 2.75) is 78.3 Å². The predicted molar refractivity (Wildman–Crippen MR) is 81.0 cm³/mol. The van der Waals surface area contributed by atoms with Gasteiger partial charge in [-0.3, -0.25) is 0 Å². The van der Waals surface area contributed by atoms with Crippen LogP contribution in [0.2, 0.25) is 0 Å². The van der Waals surface area contributed by atoms with Crippen LogP contribution in [0.4, 0.5) is 0 Å². The molecule has 0 amide bonds. The molecular formula is C16H34N2. The summed E-state index contributed by atoms with van der Waals surface area (Å²) in [5.41, 5.74) is 0. The molecule has 0 bridgehead atoms. The summed E-state index contributed by atoms with van der Waals surface area (Å²) < 4.78 is 0. The molecular weight excluding hydrogens is 220 g/mol. The lowest BCUT2D eigenvalue weighted by atomic mass is 10.1. The SMILES string of the molecule is CCCCCCC(C)N1CCC(CNC(C)C)C1. The van der Waals surface area contributed by atoms with Crippen LogP contribution >= 0.6 is 0 Å². The van der Waals surface area contributed by atoms with Crippen molar-refractivity contribution in [1.82, 2.24) is 10.2 Å². The van der Waals surface area contributed by atoms with Crippen LogP contribution < -0.4 is 5.32 Å². The Balaban J connectivity index is 2.12. The molecule has 0 radical (unpaired) electrons. The van der Waals surface area contributed by atoms with E-state index in [9.17, 15) is 0 Å². The molecule has 1 aliphatic heterocycles. The summed E-state index contributed by atoms with van der Waals surface area (Å²) in [4.78, 5) is 2.71. The van der Waals surface area contributed by atoms with Crippen LogP contribution in [-0.2, 0) is 0 Å². The van der Waals surface area contributed by atoms with Gasteiger partial charge in [-0.2, -0.15) is 0 Å². The van der Waals surface area contributed by atoms with Gasteiger partial charge in [0.15, 0.2) is 0 Å². The van der Waals surface area contributed by atoms with Crippen LogP contribution in [-0.4, -0.2) is 36.6 Å². The van der Waals surface area contributed by atoms with Crippen LogP contribution in [0.3, 0.4) is 0 Å². The van der Waals surface area contributed by atoms with E-state index in [-0.39, 0.29) is 0 Å². The molecule has 1 heterocycles. The second kappa shape index (κ2) is 8.92. The van der Waals surface area contributed by atoms with E-state index in [2.05, 4.69) is 37.9 Å². The molecule has 0 aromatic heterocycles. The van der Waals surface area contributed by atoms with Crippen molar-refractivity contribution in [1.29, 1.82) is 0 Å². The Morgan fingerprint density at radius 3 is 2.61 bits per heavy atom. The summed E-state index contributed by atoms with van der Waals surface area (Å²) in [6, 6.07) is 1.43. The third-order valence-electron chi connectivity index (χ3n) is 4.23. The number of hydrogen-bond donors (Lipinski definition) is 1. The molecule has 2 nitrogen and oxygen atoms in total. The molecule has 0 aromatic carbocycles. The van der Waals surface area contributed by atoms with Crippen LogP contribution in [0.15, 0.2) is 0 Å². The largest absolute Gasteiger partial charge is 0.314 e. The van der Waals surface area contributed by atoms with Crippen molar-refractivity contribution >= 4 is 0 Å². The van der Waals surface area contributed by atoms with Crippen LogP contribution in [0, 0.1) is 5.92 Å². The topological polar surface area (TPSA) is 15.3 Å². The Hall–Kier alpha value is -0.0800. The molecule has 0 aromatic rings. The molecule has 1 saturated heterocycles. The lowest BCUT2D eigenvalue weighted by Gasteiger charge is -2.24. The van der Waals surface area contributed by atoms with E-state index in [4.69, 9.17) is 0 Å². The number of likely N-dealkylation sites (tertiary alicyclic amines) is 1. The molecule has 2 unspecified atom stereocenters. The molecule has 1 rings (SSSR count). The summed E-state index contributed by atoms with van der Waals surface area (Å²) in [6.07, 6.45) is 8.38. The smallest absolute Gasteiger partial charge is 0.00670 e. The lowest BCUT2D eigenvalue weighted by molar-refractivity contribution is 0.232. The number of nitrogens with zero attached hydrogens (tertiary/aromatic N) is 1. The number of nitrogens with one attached hydrogen (secondary N) is 1. The van der Waals surface area contributed by atoms with Gasteiger partial charge in [0.25, 0.3) is 0 Å². The Labute approximate surface area is 115 Å². The second-order valence-corrected chi connectivity index (χ2v) is 6.41. The van der Waals surface area contributed by atoms with Crippen molar-refractivity contribution in [3.63, 3.8) is 0 Å². The monoisotopic (exact) mass is 254 g/mol. The zero-order chi connectivity index (χ0) is 13.4. The summed E-state index contributed by atoms with van der Waals surface area (Å²) in [6.45, 7) is 13.0. The molecule has 0 aliphatic carbocycles. The van der Waals surface area contributed by atoms with Gasteiger partial charge in [-0.15, -0.1) is 0 Å². The van der Waals surface area contributed by atoms with E-state index in [0.717, 1.165) is 12.0 Å². The zero-order valence-corrected chi connectivity index (χ0v) is 13.0. The summed E-state index contributed by atoms with van der Waals surface area (Å²) in [5.74, 6) is 0.880. The predicted octanol–water partition coefficient (Wildman–Crippen LogP) is 3.67. The standard InChI is InChI=1S/C16H34N2/c1-5-6-7-8-9-15(4)18-11-10-16(13-18)12-17-14(2)3/h14-17H,5-13H2,1-4H3. The van der Waals surface area contributed by atoms with Gasteiger partial charge in [0, 0.05) is 18.6 Å². The molecule has 0 spiro atoms. The summed E-state index contributed by atoms with van der Waals surface area (Å²) >= 11 is 0. The summed E-state index contributed by atoms with van der Waals surface area (Å²) in [5, 5.41) is 3.58. The molecule has 1 fully saturated rings. The molecule has 1 aliphatic rings. The van der Waals surface area contributed by atoms with Gasteiger partial charge < -0.3 is 10.2 Å². The van der Waals surface area contributed by atoms with Gasteiger partial charge in [-0.1, -0.05) is 46.5 Å². The second-order valence-electron chi connectivity index (χ2n) is 6.41. The average molecular weight is 254 g/mol. The van der Waals surface area contributed by atoms with Gasteiger partial charge >= 0.3 is 0 Å². The van der Waals surface area contributed by atoms with Crippen molar-refractivity contribution in [3.8, 4) is 0 Å². The van der Waals surface area contributed by atoms with Crippen LogP contribution in [0.25, 0.3) is 0 Å². The third kappa shape index (κ3) is 6.19. The molecule has 0 saturated carbocycles. The van der Waals surface area contributed by atoms with E-state index < -0.39 is 0 Å². The van der Waals surface area contributed by atoms with Crippen molar-refractivity contribution in [2.24, 2.45) is 5.92 Å². The first kappa shape index (κ1) is 16.0. The van der Waals surface area contributed by atoms with Crippen LogP contribution in [0.1, 0.15) is 66.2 Å². The number of hydrogen-bond acceptors (Lipinski definition) is 2. The highest BCUT2D eigenvalue weighted by molar-refractivity contribution is 4.81. The quantitative estimate of drug-likeness (QED) is 0.632. The normalized spacial score (nSPS) is 22.8. The first-order valence-electron chi connectivity index (χ1n) is 8.11. The van der Waals surface area contributed by atoms with Gasteiger partial charge in [0.1, 0.15) is 0 Å². The van der Waals surface area contributed by atoms with Crippen LogP contribution in [0.5, 0.6) is 0 Å². The minimum atomic E-state index is 0.630. The molecule has 2 heteroatoms. The zero-order valence-electron chi connectivity index (χ0n) is 13.0. The average Bonchev–Trinajstić information content (AvgIpc) is 2.80. The maximum absolute atomic E-state index is 3.58. The fraction of sp³-hybridized carbons (Fsp3) is 1.00. The Morgan fingerprint density at radius 2 is 1.94 bits per heavy atom. The van der Waals surface area contributed by atoms with Gasteiger partial charge in [-0.25, -0.2) is 0 Å². The van der Waals surface area contributed by atoms with Gasteiger partial charge in [0.05, 0.1) is 0 Å². The first-order valence-corrected chi connectivity index (χ1v) is 8.11. The van der Waals surface area contributed by atoms with E-state index >= 15 is 0 Å². The van der Waals surface area contributed by atoms with Gasteiger partial charge in [-0.05, 0) is 38.8 Å². The number of unbranched alkanes of at least 4 members (excludes halogenated alkanes) is 3. The van der Waals surface area contributed by atoms with E-state index in [1.165, 1.54) is 58.2 Å². The maximum atomic E-state index is 3.58. The van der Waals surface area contributed by atoms with Crippen molar-refractivity contribution in [3.05, 3.63) is 0 Å². The highest BCUT2D eigenvalue weighted by Gasteiger charge is 2.25. The van der Waals surface area contributed by atoms with Crippen molar-refractivity contribution in [2.75, 3.05) is 19.6 Å². The lowest BCUT2D eigenvalue weighted by Crippen LogP contribution is -2.34. The molecule has 1 N–H and O–H groups in total. The Kier molecular flexibility index (Phi) is 7.92. The number of rotatable bonds is 9. The molecule has 18 heavy (non-hydrogen) atoms. The fourth-order valence-electron chi connectivity index (χ4n) is 2.88. The Bertz CT molecular complexity index is 203. The molecule has 2 atom stereocenters. The van der Waals surface area contributed by atoms with E-state index in [0.29, 0.717) is 6.04 Å². The molecule has 108 valence electrons. The maximum Gasteiger partial charge on any atom is 0.00670 e. The Morgan fingerprint density at radius 1 is 1.17 bits per heavy atom. The first-order chi connectivity index (χ1) is 8.63. The van der Waals surface area contributed by atoms with E-state index in [1.54, 1.807) is 0 Å². The minimum absolute atomic E-state index is 0.630. The fourth-order valence-corrected chi connectivity index (χ4v) is 2.88. The highest BCUT2D eigenvalue weighted by Crippen LogP contribution is 2.20. The highest BCUT2D eigenvalue weighted by atomic mass is 15.2. The minimum Gasteiger partial charge on any atom is -0.314 e. The van der Waals surface area contributed by atoms with Gasteiger partial charge in [0.2, 0.25) is 0 Å². The van der Waals surface area contributed by atoms with Crippen molar-refractivity contribution < 1.29 is 0 Å².